The number of nitrogens with zero attached hydrogens (tertiary/aromatic N) is 1. The fraction of sp³-hybridized carbons (Fsp3) is 0.174. The van der Waals surface area contributed by atoms with E-state index in [2.05, 4.69) is 0 Å². The van der Waals surface area contributed by atoms with Gasteiger partial charge in [0.1, 0.15) is 5.57 Å². The maximum atomic E-state index is 12.6. The van der Waals surface area contributed by atoms with Crippen molar-refractivity contribution in [2.24, 2.45) is 5.41 Å². The molecule has 0 spiro atoms. The number of rotatable bonds is 3. The van der Waals surface area contributed by atoms with E-state index in [-0.39, 0.29) is 17.1 Å². The molecule has 0 aromatic heterocycles. The lowest BCUT2D eigenvalue weighted by Crippen LogP contribution is -2.23. The number of cyclic esters (lactones) is 1. The number of nitriles is 1. The molecule has 1 heterocycles. The highest BCUT2D eigenvalue weighted by atomic mass is 35.5. The first-order valence-corrected chi connectivity index (χ1v) is 9.24. The Morgan fingerprint density at radius 1 is 1.10 bits per heavy atom. The van der Waals surface area contributed by atoms with E-state index in [1.54, 1.807) is 75.4 Å². The molecule has 0 saturated carbocycles. The summed E-state index contributed by atoms with van der Waals surface area (Å²) in [6.45, 7) is 5.17. The quantitative estimate of drug-likeness (QED) is 0.661. The maximum absolute atomic E-state index is 12.6. The highest BCUT2D eigenvalue weighted by Gasteiger charge is 2.36. The van der Waals surface area contributed by atoms with Gasteiger partial charge in [-0.25, -0.2) is 4.79 Å². The van der Waals surface area contributed by atoms with E-state index in [4.69, 9.17) is 26.3 Å². The van der Waals surface area contributed by atoms with Gasteiger partial charge in [0, 0.05) is 5.02 Å². The van der Waals surface area contributed by atoms with Crippen LogP contribution in [0.4, 0.5) is 0 Å². The topological polar surface area (TPSA) is 76.4 Å². The molecule has 0 fully saturated rings. The van der Waals surface area contributed by atoms with Crippen LogP contribution in [0.1, 0.15) is 37.5 Å². The molecule has 1 aliphatic heterocycles. The SMILES string of the molecule is CC(C)(C)C(=O)OC1=C(c2ccc(Cl)cc2)C(=O)O/C1=C/c1ccc(C#N)cc1. The zero-order chi connectivity index (χ0) is 21.2. The molecule has 0 aliphatic carbocycles. The second-order valence-electron chi connectivity index (χ2n) is 7.48. The Morgan fingerprint density at radius 2 is 1.72 bits per heavy atom. The zero-order valence-electron chi connectivity index (χ0n) is 16.2. The summed E-state index contributed by atoms with van der Waals surface area (Å²) in [6, 6.07) is 15.4. The van der Waals surface area contributed by atoms with Crippen LogP contribution in [0.25, 0.3) is 11.6 Å². The van der Waals surface area contributed by atoms with Crippen LogP contribution in [0, 0.1) is 16.7 Å². The minimum absolute atomic E-state index is 0.0570. The Kier molecular flexibility index (Phi) is 5.58. The number of esters is 2. The van der Waals surface area contributed by atoms with Gasteiger partial charge >= 0.3 is 11.9 Å². The van der Waals surface area contributed by atoms with Crippen LogP contribution in [-0.2, 0) is 19.1 Å². The van der Waals surface area contributed by atoms with Crippen molar-refractivity contribution >= 4 is 35.2 Å². The summed E-state index contributed by atoms with van der Waals surface area (Å²) >= 11 is 5.94. The standard InChI is InChI=1S/C23H18ClNO4/c1-23(2,3)22(27)29-20-18(12-14-4-6-15(13-25)7-5-14)28-21(26)19(20)16-8-10-17(24)11-9-16/h4-12H,1-3H3/b18-12+. The van der Waals surface area contributed by atoms with Crippen LogP contribution in [0.5, 0.6) is 0 Å². The third-order valence-electron chi connectivity index (χ3n) is 4.14. The molecule has 0 radical (unpaired) electrons. The highest BCUT2D eigenvalue weighted by molar-refractivity contribution is 6.30. The molecular weight excluding hydrogens is 390 g/mol. The number of hydrogen-bond acceptors (Lipinski definition) is 5. The van der Waals surface area contributed by atoms with Gasteiger partial charge in [0.2, 0.25) is 0 Å². The minimum atomic E-state index is -0.775. The third-order valence-corrected chi connectivity index (χ3v) is 4.39. The fourth-order valence-electron chi connectivity index (χ4n) is 2.53. The molecule has 0 saturated heterocycles. The van der Waals surface area contributed by atoms with Crippen molar-refractivity contribution in [2.75, 3.05) is 0 Å². The average Bonchev–Trinajstić information content (AvgIpc) is 2.97. The number of hydrogen-bond donors (Lipinski definition) is 0. The third kappa shape index (κ3) is 4.56. The Labute approximate surface area is 173 Å². The lowest BCUT2D eigenvalue weighted by atomic mass is 9.97. The van der Waals surface area contributed by atoms with E-state index < -0.39 is 17.4 Å². The van der Waals surface area contributed by atoms with Crippen LogP contribution >= 0.6 is 11.6 Å². The van der Waals surface area contributed by atoms with Gasteiger partial charge in [0.05, 0.1) is 17.0 Å². The molecule has 6 heteroatoms. The number of ether oxygens (including phenoxy) is 2. The van der Waals surface area contributed by atoms with E-state index >= 15 is 0 Å². The Balaban J connectivity index is 2.10. The molecule has 2 aromatic rings. The summed E-state index contributed by atoms with van der Waals surface area (Å²) in [6.07, 6.45) is 1.59. The van der Waals surface area contributed by atoms with Gasteiger partial charge in [0.25, 0.3) is 0 Å². The van der Waals surface area contributed by atoms with Crippen LogP contribution in [-0.4, -0.2) is 11.9 Å². The van der Waals surface area contributed by atoms with Crippen molar-refractivity contribution in [2.45, 2.75) is 20.8 Å². The van der Waals surface area contributed by atoms with E-state index in [1.165, 1.54) is 0 Å². The zero-order valence-corrected chi connectivity index (χ0v) is 16.9. The van der Waals surface area contributed by atoms with Gasteiger partial charge < -0.3 is 9.47 Å². The second-order valence-corrected chi connectivity index (χ2v) is 7.92. The number of halogens is 1. The molecule has 3 rings (SSSR count). The smallest absolute Gasteiger partial charge is 0.348 e. The molecule has 1 aliphatic rings. The molecule has 0 atom stereocenters. The van der Waals surface area contributed by atoms with Gasteiger partial charge in [0.15, 0.2) is 11.5 Å². The Hall–Kier alpha value is -3.36. The number of carbonyl (C=O) groups is 2. The van der Waals surface area contributed by atoms with Gasteiger partial charge in [-0.2, -0.15) is 5.26 Å². The monoisotopic (exact) mass is 407 g/mol. The molecule has 0 bridgehead atoms. The first kappa shape index (κ1) is 20.4. The predicted molar refractivity (Wildman–Crippen MR) is 109 cm³/mol. The fourth-order valence-corrected chi connectivity index (χ4v) is 2.65. The lowest BCUT2D eigenvalue weighted by Gasteiger charge is -2.17. The van der Waals surface area contributed by atoms with Crippen molar-refractivity contribution in [1.82, 2.24) is 0 Å². The molecule has 2 aromatic carbocycles. The number of carbonyl (C=O) groups excluding carboxylic acids is 2. The van der Waals surface area contributed by atoms with E-state index in [1.807, 2.05) is 6.07 Å². The molecule has 0 amide bonds. The summed E-state index contributed by atoms with van der Waals surface area (Å²) in [5, 5.41) is 9.45. The van der Waals surface area contributed by atoms with Gasteiger partial charge in [-0.05, 0) is 62.2 Å². The van der Waals surface area contributed by atoms with Crippen molar-refractivity contribution in [1.29, 1.82) is 5.26 Å². The first-order valence-electron chi connectivity index (χ1n) is 8.86. The van der Waals surface area contributed by atoms with E-state index in [0.29, 0.717) is 21.7 Å². The summed E-state index contributed by atoms with van der Waals surface area (Å²) in [5.74, 6) is -0.934. The van der Waals surface area contributed by atoms with Crippen molar-refractivity contribution in [3.8, 4) is 6.07 Å². The van der Waals surface area contributed by atoms with Gasteiger partial charge in [-0.1, -0.05) is 35.9 Å². The van der Waals surface area contributed by atoms with Gasteiger partial charge in [-0.3, -0.25) is 4.79 Å². The molecular formula is C23H18ClNO4. The van der Waals surface area contributed by atoms with E-state index in [0.717, 1.165) is 0 Å². The Morgan fingerprint density at radius 3 is 2.28 bits per heavy atom. The molecule has 29 heavy (non-hydrogen) atoms. The normalized spacial score (nSPS) is 15.3. The van der Waals surface area contributed by atoms with Crippen molar-refractivity contribution < 1.29 is 19.1 Å². The van der Waals surface area contributed by atoms with Crippen LogP contribution in [0.15, 0.2) is 60.0 Å². The predicted octanol–water partition coefficient (Wildman–Crippen LogP) is 5.11. The first-order chi connectivity index (χ1) is 13.7. The van der Waals surface area contributed by atoms with Crippen LogP contribution in [0.3, 0.4) is 0 Å². The molecule has 146 valence electrons. The number of benzene rings is 2. The largest absolute Gasteiger partial charge is 0.421 e. The average molecular weight is 408 g/mol. The summed E-state index contributed by atoms with van der Waals surface area (Å²) in [4.78, 5) is 25.1. The van der Waals surface area contributed by atoms with Crippen LogP contribution < -0.4 is 0 Å². The maximum Gasteiger partial charge on any atom is 0.348 e. The van der Waals surface area contributed by atoms with Crippen LogP contribution in [0.2, 0.25) is 5.02 Å². The molecule has 5 nitrogen and oxygen atoms in total. The van der Waals surface area contributed by atoms with Crippen molar-refractivity contribution in [3.63, 3.8) is 0 Å². The lowest BCUT2D eigenvalue weighted by molar-refractivity contribution is -0.148. The van der Waals surface area contributed by atoms with E-state index in [9.17, 15) is 9.59 Å². The minimum Gasteiger partial charge on any atom is -0.421 e. The van der Waals surface area contributed by atoms with Crippen molar-refractivity contribution in [3.05, 3.63) is 81.8 Å². The Bertz CT molecular complexity index is 1070. The second kappa shape index (κ2) is 7.94. The summed E-state index contributed by atoms with van der Waals surface area (Å²) < 4.78 is 11.0. The molecule has 0 N–H and O–H groups in total. The summed E-state index contributed by atoms with van der Waals surface area (Å²) in [7, 11) is 0. The highest BCUT2D eigenvalue weighted by Crippen LogP contribution is 2.36. The van der Waals surface area contributed by atoms with Gasteiger partial charge in [-0.15, -0.1) is 0 Å². The summed E-state index contributed by atoms with van der Waals surface area (Å²) in [5.41, 5.74) is 1.10. The molecule has 0 unspecified atom stereocenters.